The van der Waals surface area contributed by atoms with E-state index in [1.54, 1.807) is 29.1 Å². The number of carboxylic acid groups (broad SMARTS) is 1. The number of hydrogen-bond donors (Lipinski definition) is 1. The van der Waals surface area contributed by atoms with Gasteiger partial charge in [0.05, 0.1) is 28.7 Å². The molecule has 116 valence electrons. The molecule has 24 heavy (non-hydrogen) atoms. The van der Waals surface area contributed by atoms with Gasteiger partial charge in [0.25, 0.3) is 0 Å². The SMILES string of the molecule is O=C(O)c1cccc(-n2cc(-c3ccc4ccccc4n3)cn2)c1. The topological polar surface area (TPSA) is 68.0 Å². The van der Waals surface area contributed by atoms with Gasteiger partial charge in [0.1, 0.15) is 0 Å². The van der Waals surface area contributed by atoms with Crippen molar-refractivity contribution in [3.63, 3.8) is 0 Å². The summed E-state index contributed by atoms with van der Waals surface area (Å²) in [6.45, 7) is 0. The maximum Gasteiger partial charge on any atom is 0.335 e. The second-order valence-electron chi connectivity index (χ2n) is 5.42. The van der Waals surface area contributed by atoms with E-state index in [0.717, 1.165) is 22.2 Å². The van der Waals surface area contributed by atoms with Crippen molar-refractivity contribution >= 4 is 16.9 Å². The fourth-order valence-electron chi connectivity index (χ4n) is 2.60. The Morgan fingerprint density at radius 2 is 1.88 bits per heavy atom. The molecule has 0 spiro atoms. The van der Waals surface area contributed by atoms with Gasteiger partial charge in [-0.25, -0.2) is 14.5 Å². The van der Waals surface area contributed by atoms with Crippen LogP contribution in [0.15, 0.2) is 73.1 Å². The van der Waals surface area contributed by atoms with Gasteiger partial charge in [-0.2, -0.15) is 5.10 Å². The number of nitrogens with zero attached hydrogens (tertiary/aromatic N) is 3. The van der Waals surface area contributed by atoms with Gasteiger partial charge in [-0.1, -0.05) is 30.3 Å². The fourth-order valence-corrected chi connectivity index (χ4v) is 2.60. The molecule has 0 amide bonds. The first-order valence-corrected chi connectivity index (χ1v) is 7.45. The van der Waals surface area contributed by atoms with Gasteiger partial charge in [0.15, 0.2) is 0 Å². The first kappa shape index (κ1) is 14.1. The molecule has 4 aromatic rings. The number of carboxylic acids is 1. The molecule has 5 heteroatoms. The number of rotatable bonds is 3. The fraction of sp³-hybridized carbons (Fsp3) is 0. The van der Waals surface area contributed by atoms with E-state index in [1.165, 1.54) is 0 Å². The van der Waals surface area contributed by atoms with Crippen LogP contribution in [-0.2, 0) is 0 Å². The van der Waals surface area contributed by atoms with Crippen molar-refractivity contribution in [2.75, 3.05) is 0 Å². The van der Waals surface area contributed by atoms with Gasteiger partial charge < -0.3 is 5.11 Å². The summed E-state index contributed by atoms with van der Waals surface area (Å²) >= 11 is 0. The Kier molecular flexibility index (Phi) is 3.31. The van der Waals surface area contributed by atoms with Crippen molar-refractivity contribution < 1.29 is 9.90 Å². The van der Waals surface area contributed by atoms with E-state index in [0.29, 0.717) is 5.69 Å². The number of carbonyl (C=O) groups is 1. The molecule has 2 heterocycles. The largest absolute Gasteiger partial charge is 0.478 e. The molecule has 0 unspecified atom stereocenters. The average Bonchev–Trinajstić information content (AvgIpc) is 3.11. The summed E-state index contributed by atoms with van der Waals surface area (Å²) in [5.41, 5.74) is 3.56. The zero-order valence-electron chi connectivity index (χ0n) is 12.6. The predicted molar refractivity (Wildman–Crippen MR) is 91.3 cm³/mol. The van der Waals surface area contributed by atoms with Gasteiger partial charge in [-0.15, -0.1) is 0 Å². The van der Waals surface area contributed by atoms with Crippen LogP contribution in [0.4, 0.5) is 0 Å². The minimum Gasteiger partial charge on any atom is -0.478 e. The quantitative estimate of drug-likeness (QED) is 0.624. The number of hydrogen-bond acceptors (Lipinski definition) is 3. The molecule has 0 saturated carbocycles. The third kappa shape index (κ3) is 2.52. The Hall–Kier alpha value is -3.47. The number of benzene rings is 2. The second kappa shape index (κ2) is 5.62. The summed E-state index contributed by atoms with van der Waals surface area (Å²) in [6.07, 6.45) is 3.57. The van der Waals surface area contributed by atoms with Crippen LogP contribution >= 0.6 is 0 Å². The summed E-state index contributed by atoms with van der Waals surface area (Å²) in [7, 11) is 0. The smallest absolute Gasteiger partial charge is 0.335 e. The molecular formula is C19H13N3O2. The van der Waals surface area contributed by atoms with Crippen LogP contribution in [0.3, 0.4) is 0 Å². The summed E-state index contributed by atoms with van der Waals surface area (Å²) in [6, 6.07) is 18.6. The Morgan fingerprint density at radius 1 is 1.00 bits per heavy atom. The third-order valence-corrected chi connectivity index (χ3v) is 3.83. The van der Waals surface area contributed by atoms with Crippen LogP contribution in [0.2, 0.25) is 0 Å². The lowest BCUT2D eigenvalue weighted by Crippen LogP contribution is -1.99. The lowest BCUT2D eigenvalue weighted by Gasteiger charge is -2.02. The highest BCUT2D eigenvalue weighted by atomic mass is 16.4. The molecule has 0 aliphatic carbocycles. The highest BCUT2D eigenvalue weighted by molar-refractivity contribution is 5.88. The van der Waals surface area contributed by atoms with Crippen molar-refractivity contribution in [2.45, 2.75) is 0 Å². The Morgan fingerprint density at radius 3 is 2.75 bits per heavy atom. The summed E-state index contributed by atoms with van der Waals surface area (Å²) in [5, 5.41) is 14.5. The van der Waals surface area contributed by atoms with Crippen molar-refractivity contribution in [1.82, 2.24) is 14.8 Å². The molecular weight excluding hydrogens is 302 g/mol. The number of aromatic nitrogens is 3. The molecule has 0 aliphatic rings. The average molecular weight is 315 g/mol. The van der Waals surface area contributed by atoms with Gasteiger partial charge in [0.2, 0.25) is 0 Å². The Balaban J connectivity index is 1.73. The van der Waals surface area contributed by atoms with Crippen LogP contribution in [0.5, 0.6) is 0 Å². The number of para-hydroxylation sites is 1. The molecule has 0 aliphatic heterocycles. The van der Waals surface area contributed by atoms with Crippen LogP contribution in [0.25, 0.3) is 27.8 Å². The molecule has 2 aromatic heterocycles. The molecule has 0 saturated heterocycles. The van der Waals surface area contributed by atoms with Crippen molar-refractivity contribution in [1.29, 1.82) is 0 Å². The highest BCUT2D eigenvalue weighted by Gasteiger charge is 2.08. The number of aromatic carboxylic acids is 1. The molecule has 5 nitrogen and oxygen atoms in total. The Labute approximate surface area is 137 Å². The number of fused-ring (bicyclic) bond motifs is 1. The molecule has 0 bridgehead atoms. The van der Waals surface area contributed by atoms with E-state index < -0.39 is 5.97 Å². The van der Waals surface area contributed by atoms with Gasteiger partial charge >= 0.3 is 5.97 Å². The summed E-state index contributed by atoms with van der Waals surface area (Å²) < 4.78 is 1.65. The zero-order chi connectivity index (χ0) is 16.5. The standard InChI is InChI=1S/C19H13N3O2/c23-19(24)14-5-3-6-16(10-14)22-12-15(11-20-22)18-9-8-13-4-1-2-7-17(13)21-18/h1-12H,(H,23,24). The monoisotopic (exact) mass is 315 g/mol. The normalized spacial score (nSPS) is 10.8. The second-order valence-corrected chi connectivity index (χ2v) is 5.42. The maximum absolute atomic E-state index is 11.1. The van der Waals surface area contributed by atoms with Gasteiger partial charge in [-0.3, -0.25) is 0 Å². The lowest BCUT2D eigenvalue weighted by atomic mass is 10.1. The molecule has 1 N–H and O–H groups in total. The molecule has 0 atom stereocenters. The predicted octanol–water partition coefficient (Wildman–Crippen LogP) is 3.79. The lowest BCUT2D eigenvalue weighted by molar-refractivity contribution is 0.0697. The molecule has 0 fully saturated rings. The van der Waals surface area contributed by atoms with E-state index in [-0.39, 0.29) is 5.56 Å². The zero-order valence-corrected chi connectivity index (χ0v) is 12.6. The van der Waals surface area contributed by atoms with Crippen molar-refractivity contribution in [3.05, 3.63) is 78.6 Å². The van der Waals surface area contributed by atoms with Crippen LogP contribution in [0, 0.1) is 0 Å². The van der Waals surface area contributed by atoms with Crippen LogP contribution in [-0.4, -0.2) is 25.8 Å². The minimum absolute atomic E-state index is 0.230. The molecule has 0 radical (unpaired) electrons. The van der Waals surface area contributed by atoms with E-state index in [4.69, 9.17) is 5.11 Å². The summed E-state index contributed by atoms with van der Waals surface area (Å²) in [5.74, 6) is -0.958. The summed E-state index contributed by atoms with van der Waals surface area (Å²) in [4.78, 5) is 15.7. The highest BCUT2D eigenvalue weighted by Crippen LogP contribution is 2.21. The maximum atomic E-state index is 11.1. The Bertz CT molecular complexity index is 1050. The minimum atomic E-state index is -0.958. The van der Waals surface area contributed by atoms with Crippen molar-refractivity contribution in [3.8, 4) is 16.9 Å². The van der Waals surface area contributed by atoms with E-state index in [1.807, 2.05) is 48.7 Å². The molecule has 4 rings (SSSR count). The van der Waals surface area contributed by atoms with Gasteiger partial charge in [0, 0.05) is 17.1 Å². The van der Waals surface area contributed by atoms with Crippen molar-refractivity contribution in [2.24, 2.45) is 0 Å². The van der Waals surface area contributed by atoms with Crippen LogP contribution < -0.4 is 0 Å². The van der Waals surface area contributed by atoms with Gasteiger partial charge in [-0.05, 0) is 30.3 Å². The number of pyridine rings is 1. The van der Waals surface area contributed by atoms with E-state index in [9.17, 15) is 4.79 Å². The first-order valence-electron chi connectivity index (χ1n) is 7.45. The first-order chi connectivity index (χ1) is 11.7. The molecule has 2 aromatic carbocycles. The third-order valence-electron chi connectivity index (χ3n) is 3.83. The van der Waals surface area contributed by atoms with E-state index in [2.05, 4.69) is 10.1 Å². The van der Waals surface area contributed by atoms with Crippen LogP contribution in [0.1, 0.15) is 10.4 Å². The van der Waals surface area contributed by atoms with E-state index >= 15 is 0 Å².